The van der Waals surface area contributed by atoms with Crippen molar-refractivity contribution in [3.05, 3.63) is 59.2 Å². The molecule has 0 radical (unpaired) electrons. The molecule has 32 heavy (non-hydrogen) atoms. The van der Waals surface area contributed by atoms with Crippen LogP contribution >= 0.6 is 0 Å². The summed E-state index contributed by atoms with van der Waals surface area (Å²) in [6.07, 6.45) is -0.188. The molecule has 0 aliphatic carbocycles. The predicted octanol–water partition coefficient (Wildman–Crippen LogP) is 2.90. The lowest BCUT2D eigenvalue weighted by atomic mass is 10.1. The molecule has 1 aliphatic heterocycles. The van der Waals surface area contributed by atoms with Crippen molar-refractivity contribution < 1.29 is 27.5 Å². The summed E-state index contributed by atoms with van der Waals surface area (Å²) in [5.41, 5.74) is 1.97. The summed E-state index contributed by atoms with van der Waals surface area (Å²) < 4.78 is 38.9. The van der Waals surface area contributed by atoms with Gasteiger partial charge in [0.15, 0.2) is 6.61 Å². The molecule has 1 heterocycles. The summed E-state index contributed by atoms with van der Waals surface area (Å²) in [6, 6.07) is 11.2. The molecule has 0 saturated carbocycles. The molecule has 172 valence electrons. The van der Waals surface area contributed by atoms with Gasteiger partial charge in [0.1, 0.15) is 0 Å². The van der Waals surface area contributed by atoms with Crippen LogP contribution in [0.3, 0.4) is 0 Å². The number of nitrogens with zero attached hydrogens (tertiary/aromatic N) is 1. The van der Waals surface area contributed by atoms with Crippen LogP contribution in [0.4, 0.5) is 5.69 Å². The van der Waals surface area contributed by atoms with Crippen molar-refractivity contribution in [2.75, 3.05) is 24.4 Å². The Labute approximate surface area is 188 Å². The Morgan fingerprint density at radius 1 is 1.09 bits per heavy atom. The maximum atomic E-state index is 12.8. The minimum atomic E-state index is -3.91. The molecule has 1 aliphatic rings. The molecule has 0 spiro atoms. The van der Waals surface area contributed by atoms with Crippen LogP contribution in [0.15, 0.2) is 47.4 Å². The number of benzene rings is 2. The minimum Gasteiger partial charge on any atom is -0.452 e. The van der Waals surface area contributed by atoms with E-state index in [1.807, 2.05) is 26.8 Å². The standard InChI is InChI=1S/C23H28N2O6S/c1-15-6-5-7-19(10-15)24-32(28,29)20-9-8-16(2)21(11-20)23(27)30-14-22(26)25-12-17(3)31-18(4)13-25/h5-11,17-18,24H,12-14H2,1-4H3. The van der Waals surface area contributed by atoms with E-state index in [9.17, 15) is 18.0 Å². The first-order valence-electron chi connectivity index (χ1n) is 10.4. The predicted molar refractivity (Wildman–Crippen MR) is 120 cm³/mol. The summed E-state index contributed by atoms with van der Waals surface area (Å²) in [5.74, 6) is -1.07. The number of hydrogen-bond acceptors (Lipinski definition) is 6. The van der Waals surface area contributed by atoms with E-state index in [0.717, 1.165) is 5.56 Å². The van der Waals surface area contributed by atoms with E-state index >= 15 is 0 Å². The lowest BCUT2D eigenvalue weighted by Gasteiger charge is -2.35. The number of esters is 1. The summed E-state index contributed by atoms with van der Waals surface area (Å²) in [4.78, 5) is 26.6. The van der Waals surface area contributed by atoms with Gasteiger partial charge in [0.25, 0.3) is 15.9 Å². The lowest BCUT2D eigenvalue weighted by molar-refractivity contribution is -0.146. The molecular weight excluding hydrogens is 432 g/mol. The molecule has 2 unspecified atom stereocenters. The number of carbonyl (C=O) groups excluding carboxylic acids is 2. The quantitative estimate of drug-likeness (QED) is 0.665. The second kappa shape index (κ2) is 9.70. The average molecular weight is 461 g/mol. The van der Waals surface area contributed by atoms with Crippen molar-refractivity contribution >= 4 is 27.6 Å². The van der Waals surface area contributed by atoms with E-state index in [4.69, 9.17) is 9.47 Å². The van der Waals surface area contributed by atoms with E-state index < -0.39 is 22.6 Å². The third-order valence-electron chi connectivity index (χ3n) is 5.11. The number of aryl methyl sites for hydroxylation is 2. The van der Waals surface area contributed by atoms with Gasteiger partial charge in [-0.1, -0.05) is 18.2 Å². The van der Waals surface area contributed by atoms with Gasteiger partial charge in [-0.2, -0.15) is 0 Å². The Balaban J connectivity index is 1.70. The third kappa shape index (κ3) is 5.86. The number of amides is 1. The van der Waals surface area contributed by atoms with Crippen molar-refractivity contribution in [1.29, 1.82) is 0 Å². The minimum absolute atomic E-state index is 0.0706. The fourth-order valence-corrected chi connectivity index (χ4v) is 4.66. The molecule has 2 aromatic carbocycles. The number of nitrogens with one attached hydrogen (secondary N) is 1. The monoisotopic (exact) mass is 460 g/mol. The number of morpholine rings is 1. The Bertz CT molecular complexity index is 1110. The Hall–Kier alpha value is -2.91. The summed E-state index contributed by atoms with van der Waals surface area (Å²) in [6.45, 7) is 7.72. The first kappa shape index (κ1) is 23.7. The maximum Gasteiger partial charge on any atom is 0.338 e. The van der Waals surface area contributed by atoms with Crippen molar-refractivity contribution in [2.24, 2.45) is 0 Å². The van der Waals surface area contributed by atoms with Crippen LogP contribution < -0.4 is 4.72 Å². The van der Waals surface area contributed by atoms with Crippen LogP contribution in [-0.2, 0) is 24.3 Å². The van der Waals surface area contributed by atoms with Crippen LogP contribution in [0.5, 0.6) is 0 Å². The van der Waals surface area contributed by atoms with E-state index in [0.29, 0.717) is 24.3 Å². The zero-order chi connectivity index (χ0) is 23.5. The van der Waals surface area contributed by atoms with Gasteiger partial charge >= 0.3 is 5.97 Å². The molecule has 1 N–H and O–H groups in total. The normalized spacial score (nSPS) is 18.8. The van der Waals surface area contributed by atoms with Crippen LogP contribution in [0, 0.1) is 13.8 Å². The van der Waals surface area contributed by atoms with Crippen LogP contribution in [0.2, 0.25) is 0 Å². The maximum absolute atomic E-state index is 12.8. The summed E-state index contributed by atoms with van der Waals surface area (Å²) >= 11 is 0. The van der Waals surface area contributed by atoms with Gasteiger partial charge in [-0.25, -0.2) is 13.2 Å². The highest BCUT2D eigenvalue weighted by Crippen LogP contribution is 2.21. The number of sulfonamides is 1. The van der Waals surface area contributed by atoms with E-state index in [1.54, 1.807) is 30.0 Å². The van der Waals surface area contributed by atoms with Crippen molar-refractivity contribution in [3.8, 4) is 0 Å². The fourth-order valence-electron chi connectivity index (χ4n) is 3.59. The van der Waals surface area contributed by atoms with Crippen molar-refractivity contribution in [3.63, 3.8) is 0 Å². The number of ether oxygens (including phenoxy) is 2. The molecule has 2 aromatic rings. The van der Waals surface area contributed by atoms with E-state index in [-0.39, 0.29) is 28.6 Å². The second-order valence-electron chi connectivity index (χ2n) is 8.08. The molecule has 0 bridgehead atoms. The third-order valence-corrected chi connectivity index (χ3v) is 6.49. The topological polar surface area (TPSA) is 102 Å². The van der Waals surface area contributed by atoms with Gasteiger partial charge in [-0.3, -0.25) is 9.52 Å². The molecule has 9 heteroatoms. The van der Waals surface area contributed by atoms with Gasteiger partial charge in [-0.15, -0.1) is 0 Å². The van der Waals surface area contributed by atoms with Gasteiger partial charge in [0.05, 0.1) is 22.7 Å². The highest BCUT2D eigenvalue weighted by molar-refractivity contribution is 7.92. The summed E-state index contributed by atoms with van der Waals surface area (Å²) in [7, 11) is -3.91. The fraction of sp³-hybridized carbons (Fsp3) is 0.391. The molecule has 1 fully saturated rings. The lowest BCUT2D eigenvalue weighted by Crippen LogP contribution is -2.49. The number of hydrogen-bond donors (Lipinski definition) is 1. The van der Waals surface area contributed by atoms with E-state index in [2.05, 4.69) is 4.72 Å². The Kier molecular flexibility index (Phi) is 7.20. The average Bonchev–Trinajstić information content (AvgIpc) is 2.71. The number of anilines is 1. The van der Waals surface area contributed by atoms with Crippen LogP contribution in [-0.4, -0.2) is 57.1 Å². The highest BCUT2D eigenvalue weighted by atomic mass is 32.2. The molecule has 2 atom stereocenters. The molecule has 1 amide bonds. The molecule has 1 saturated heterocycles. The number of rotatable bonds is 6. The largest absolute Gasteiger partial charge is 0.452 e. The zero-order valence-corrected chi connectivity index (χ0v) is 19.4. The van der Waals surface area contributed by atoms with Gasteiger partial charge < -0.3 is 14.4 Å². The molecule has 3 rings (SSSR count). The van der Waals surface area contributed by atoms with Crippen molar-refractivity contribution in [2.45, 2.75) is 44.8 Å². The van der Waals surface area contributed by atoms with Crippen LogP contribution in [0.1, 0.15) is 35.3 Å². The van der Waals surface area contributed by atoms with Crippen LogP contribution in [0.25, 0.3) is 0 Å². The SMILES string of the molecule is Cc1cccc(NS(=O)(=O)c2ccc(C)c(C(=O)OCC(=O)N3CC(C)OC(C)C3)c2)c1. The first-order valence-corrected chi connectivity index (χ1v) is 11.8. The zero-order valence-electron chi connectivity index (χ0n) is 18.6. The van der Waals surface area contributed by atoms with Gasteiger partial charge in [-0.05, 0) is 63.1 Å². The first-order chi connectivity index (χ1) is 15.0. The molecule has 8 nitrogen and oxygen atoms in total. The second-order valence-corrected chi connectivity index (χ2v) is 9.77. The van der Waals surface area contributed by atoms with Gasteiger partial charge in [0, 0.05) is 18.8 Å². The smallest absolute Gasteiger partial charge is 0.338 e. The van der Waals surface area contributed by atoms with Gasteiger partial charge in [0.2, 0.25) is 0 Å². The summed E-state index contributed by atoms with van der Waals surface area (Å²) in [5, 5.41) is 0. The Morgan fingerprint density at radius 3 is 2.44 bits per heavy atom. The highest BCUT2D eigenvalue weighted by Gasteiger charge is 2.27. The molecule has 0 aromatic heterocycles. The number of carbonyl (C=O) groups is 2. The van der Waals surface area contributed by atoms with Crippen molar-refractivity contribution in [1.82, 2.24) is 4.90 Å². The Morgan fingerprint density at radius 2 is 1.78 bits per heavy atom. The van der Waals surface area contributed by atoms with E-state index in [1.165, 1.54) is 18.2 Å². The molecular formula is C23H28N2O6S.